The Labute approximate surface area is 113 Å². The molecule has 96 valence electrons. The number of hydrogen-bond acceptors (Lipinski definition) is 5. The molecule has 7 heteroatoms. The number of rotatable bonds is 1. The van der Waals surface area contributed by atoms with Crippen LogP contribution in [0.4, 0.5) is 0 Å². The quantitative estimate of drug-likeness (QED) is 0.473. The number of nitrogens with one attached hydrogen (secondary N) is 4. The zero-order valence-electron chi connectivity index (χ0n) is 9.48. The summed E-state index contributed by atoms with van der Waals surface area (Å²) in [5.74, 6) is -0.0849. The normalized spacial score (nSPS) is 35.1. The second-order valence-corrected chi connectivity index (χ2v) is 5.34. The number of benzene rings is 1. The van der Waals surface area contributed by atoms with Gasteiger partial charge in [0.05, 0.1) is 12.3 Å². The molecule has 18 heavy (non-hydrogen) atoms. The molecule has 6 nitrogen and oxygen atoms in total. The molecule has 4 unspecified atom stereocenters. The van der Waals surface area contributed by atoms with Crippen LogP contribution in [-0.2, 0) is 4.79 Å². The van der Waals surface area contributed by atoms with E-state index in [9.17, 15) is 4.79 Å². The van der Waals surface area contributed by atoms with Crippen LogP contribution in [0.3, 0.4) is 0 Å². The molecule has 2 aliphatic rings. The van der Waals surface area contributed by atoms with E-state index in [1.54, 1.807) is 0 Å². The molecule has 6 N–H and O–H groups in total. The van der Waals surface area contributed by atoms with E-state index in [-0.39, 0.29) is 24.3 Å². The Bertz CT molecular complexity index is 465. The van der Waals surface area contributed by atoms with Gasteiger partial charge in [0.1, 0.15) is 12.3 Å². The van der Waals surface area contributed by atoms with Gasteiger partial charge in [-0.1, -0.05) is 28.1 Å². The molecule has 1 aromatic carbocycles. The Morgan fingerprint density at radius 1 is 1.11 bits per heavy atom. The highest BCUT2D eigenvalue weighted by Gasteiger charge is 2.42. The summed E-state index contributed by atoms with van der Waals surface area (Å²) >= 11 is 3.40. The van der Waals surface area contributed by atoms with Crippen molar-refractivity contribution in [2.45, 2.75) is 24.7 Å². The molecule has 1 amide bonds. The lowest BCUT2D eigenvalue weighted by Gasteiger charge is -2.30. The summed E-state index contributed by atoms with van der Waals surface area (Å²) < 4.78 is 1.03. The van der Waals surface area contributed by atoms with Crippen molar-refractivity contribution in [3.05, 3.63) is 34.3 Å². The van der Waals surface area contributed by atoms with Gasteiger partial charge in [-0.05, 0) is 17.7 Å². The van der Waals surface area contributed by atoms with E-state index >= 15 is 0 Å². The summed E-state index contributed by atoms with van der Waals surface area (Å²) in [4.78, 5) is 11.8. The van der Waals surface area contributed by atoms with Crippen molar-refractivity contribution in [1.82, 2.24) is 21.3 Å². The van der Waals surface area contributed by atoms with Crippen LogP contribution < -0.4 is 27.0 Å². The first kappa shape index (κ1) is 12.1. The molecule has 0 aliphatic carbocycles. The third-order valence-corrected chi connectivity index (χ3v) is 3.70. The van der Waals surface area contributed by atoms with Crippen LogP contribution in [0.25, 0.3) is 0 Å². The fraction of sp³-hybridized carbons (Fsp3) is 0.364. The molecule has 2 aliphatic heterocycles. The van der Waals surface area contributed by atoms with Crippen LogP contribution in [0.15, 0.2) is 28.7 Å². The maximum atomic E-state index is 11.8. The summed E-state index contributed by atoms with van der Waals surface area (Å²) in [7, 11) is 0. The molecule has 3 rings (SSSR count). The second-order valence-electron chi connectivity index (χ2n) is 4.43. The van der Waals surface area contributed by atoms with Crippen LogP contribution in [-0.4, -0.2) is 24.4 Å². The summed E-state index contributed by atoms with van der Waals surface area (Å²) in [5.41, 5.74) is 6.75. The zero-order chi connectivity index (χ0) is 12.7. The number of carbonyl (C=O) groups is 1. The standard InChI is InChI=1S/C11H14BrN5O/c12-6-3-1-5(2-4-6)8-14-7-9(15-8)16-11(13)17-10(7)18/h1-4,7-9,11,14-16H,13H2,(H,17,18). The van der Waals surface area contributed by atoms with Gasteiger partial charge in [0.25, 0.3) is 0 Å². The molecular weight excluding hydrogens is 298 g/mol. The van der Waals surface area contributed by atoms with E-state index < -0.39 is 6.29 Å². The molecule has 2 saturated heterocycles. The van der Waals surface area contributed by atoms with Crippen molar-refractivity contribution in [3.63, 3.8) is 0 Å². The summed E-state index contributed by atoms with van der Waals surface area (Å²) in [6.07, 6.45) is -0.712. The molecule has 0 aromatic heterocycles. The molecule has 4 atom stereocenters. The first-order valence-corrected chi connectivity index (χ1v) is 6.52. The van der Waals surface area contributed by atoms with Gasteiger partial charge in [-0.2, -0.15) is 0 Å². The van der Waals surface area contributed by atoms with E-state index in [0.29, 0.717) is 0 Å². The van der Waals surface area contributed by atoms with Gasteiger partial charge in [0, 0.05) is 4.47 Å². The van der Waals surface area contributed by atoms with Gasteiger partial charge in [0.2, 0.25) is 5.91 Å². The van der Waals surface area contributed by atoms with Gasteiger partial charge in [-0.25, -0.2) is 0 Å². The smallest absolute Gasteiger partial charge is 0.242 e. The number of carbonyl (C=O) groups excluding carboxylic acids is 1. The van der Waals surface area contributed by atoms with Crippen molar-refractivity contribution in [3.8, 4) is 0 Å². The maximum absolute atomic E-state index is 11.8. The SMILES string of the molecule is NC1NC(=O)C2NC(c3ccc(Br)cc3)NC2N1. The minimum absolute atomic E-state index is 0.0587. The molecule has 0 saturated carbocycles. The third-order valence-electron chi connectivity index (χ3n) is 3.17. The topological polar surface area (TPSA) is 91.2 Å². The van der Waals surface area contributed by atoms with Crippen molar-refractivity contribution in [2.24, 2.45) is 5.73 Å². The highest BCUT2D eigenvalue weighted by molar-refractivity contribution is 9.10. The van der Waals surface area contributed by atoms with Gasteiger partial charge >= 0.3 is 0 Å². The van der Waals surface area contributed by atoms with Crippen LogP contribution in [0.1, 0.15) is 11.7 Å². The monoisotopic (exact) mass is 311 g/mol. The van der Waals surface area contributed by atoms with Crippen LogP contribution in [0, 0.1) is 0 Å². The number of hydrogen-bond donors (Lipinski definition) is 5. The number of amides is 1. The average molecular weight is 312 g/mol. The van der Waals surface area contributed by atoms with E-state index in [0.717, 1.165) is 10.0 Å². The van der Waals surface area contributed by atoms with Crippen molar-refractivity contribution in [2.75, 3.05) is 0 Å². The van der Waals surface area contributed by atoms with Crippen LogP contribution >= 0.6 is 15.9 Å². The zero-order valence-corrected chi connectivity index (χ0v) is 11.1. The predicted molar refractivity (Wildman–Crippen MR) is 70.0 cm³/mol. The Kier molecular flexibility index (Phi) is 3.08. The number of halogens is 1. The fourth-order valence-electron chi connectivity index (χ4n) is 2.30. The Hall–Kier alpha value is -0.990. The molecule has 0 spiro atoms. The van der Waals surface area contributed by atoms with E-state index in [2.05, 4.69) is 37.2 Å². The summed E-state index contributed by atoms with van der Waals surface area (Å²) in [6, 6.07) is 7.65. The highest BCUT2D eigenvalue weighted by atomic mass is 79.9. The predicted octanol–water partition coefficient (Wildman–Crippen LogP) is -0.703. The van der Waals surface area contributed by atoms with E-state index in [4.69, 9.17) is 5.73 Å². The molecule has 1 aromatic rings. The molecule has 2 fully saturated rings. The number of fused-ring (bicyclic) bond motifs is 1. The van der Waals surface area contributed by atoms with Gasteiger partial charge in [0.15, 0.2) is 0 Å². The highest BCUT2D eigenvalue weighted by Crippen LogP contribution is 2.21. The minimum Gasteiger partial charge on any atom is -0.327 e. The molecule has 0 radical (unpaired) electrons. The summed E-state index contributed by atoms with van der Waals surface area (Å²) in [5, 5.41) is 12.3. The molecule has 2 heterocycles. The lowest BCUT2D eigenvalue weighted by atomic mass is 10.2. The molecular formula is C11H14BrN5O. The minimum atomic E-state index is -0.503. The molecule has 0 bridgehead atoms. The first-order valence-electron chi connectivity index (χ1n) is 5.73. The average Bonchev–Trinajstić information content (AvgIpc) is 2.74. The second kappa shape index (κ2) is 4.60. The van der Waals surface area contributed by atoms with Gasteiger partial charge in [-0.15, -0.1) is 0 Å². The van der Waals surface area contributed by atoms with Crippen LogP contribution in [0.5, 0.6) is 0 Å². The Morgan fingerprint density at radius 3 is 2.56 bits per heavy atom. The Morgan fingerprint density at radius 2 is 1.83 bits per heavy atom. The van der Waals surface area contributed by atoms with Crippen molar-refractivity contribution in [1.29, 1.82) is 0 Å². The van der Waals surface area contributed by atoms with Gasteiger partial charge < -0.3 is 5.32 Å². The Balaban J connectivity index is 1.78. The summed E-state index contributed by atoms with van der Waals surface area (Å²) in [6.45, 7) is 0. The lowest BCUT2D eigenvalue weighted by molar-refractivity contribution is -0.126. The number of nitrogens with two attached hydrogens (primary N) is 1. The van der Waals surface area contributed by atoms with Gasteiger partial charge in [-0.3, -0.25) is 26.5 Å². The van der Waals surface area contributed by atoms with Crippen molar-refractivity contribution >= 4 is 21.8 Å². The fourth-order valence-corrected chi connectivity index (χ4v) is 2.56. The lowest BCUT2D eigenvalue weighted by Crippen LogP contribution is -2.69. The van der Waals surface area contributed by atoms with E-state index in [1.165, 1.54) is 0 Å². The third kappa shape index (κ3) is 2.15. The first-order chi connectivity index (χ1) is 8.63. The van der Waals surface area contributed by atoms with Crippen LogP contribution in [0.2, 0.25) is 0 Å². The largest absolute Gasteiger partial charge is 0.327 e. The van der Waals surface area contributed by atoms with Crippen molar-refractivity contribution < 1.29 is 4.79 Å². The maximum Gasteiger partial charge on any atom is 0.242 e. The van der Waals surface area contributed by atoms with E-state index in [1.807, 2.05) is 24.3 Å².